The van der Waals surface area contributed by atoms with Crippen LogP contribution in [0.2, 0.25) is 5.15 Å². The van der Waals surface area contributed by atoms with Crippen molar-refractivity contribution in [2.45, 2.75) is 26.4 Å². The van der Waals surface area contributed by atoms with Crippen molar-refractivity contribution in [1.29, 1.82) is 0 Å². The van der Waals surface area contributed by atoms with Crippen LogP contribution >= 0.6 is 11.6 Å². The molecular formula is C26H24ClFN6O2. The van der Waals surface area contributed by atoms with Gasteiger partial charge in [0.05, 0.1) is 41.3 Å². The summed E-state index contributed by atoms with van der Waals surface area (Å²) in [6, 6.07) is 9.82. The van der Waals surface area contributed by atoms with Gasteiger partial charge < -0.3 is 10.4 Å². The average molecular weight is 507 g/mol. The first-order valence-electron chi connectivity index (χ1n) is 11.5. The Hall–Kier alpha value is -3.82. The molecular weight excluding hydrogens is 483 g/mol. The molecule has 0 aliphatic heterocycles. The van der Waals surface area contributed by atoms with Crippen molar-refractivity contribution in [3.05, 3.63) is 81.4 Å². The number of nitrogens with zero attached hydrogens (tertiary/aromatic N) is 5. The van der Waals surface area contributed by atoms with Gasteiger partial charge in [-0.05, 0) is 38.1 Å². The molecule has 10 heteroatoms. The van der Waals surface area contributed by atoms with Crippen LogP contribution in [-0.2, 0) is 13.6 Å². The van der Waals surface area contributed by atoms with Gasteiger partial charge in [0, 0.05) is 36.1 Å². The minimum atomic E-state index is -0.686. The maximum absolute atomic E-state index is 14.6. The third-order valence-corrected chi connectivity index (χ3v) is 6.49. The molecule has 36 heavy (non-hydrogen) atoms. The Bertz CT molecular complexity index is 1680. The molecule has 1 atom stereocenters. The zero-order chi connectivity index (χ0) is 25.6. The van der Waals surface area contributed by atoms with E-state index in [2.05, 4.69) is 15.3 Å². The highest BCUT2D eigenvalue weighted by Gasteiger charge is 2.25. The number of halogens is 2. The van der Waals surface area contributed by atoms with Crippen molar-refractivity contribution in [1.82, 2.24) is 24.3 Å². The monoisotopic (exact) mass is 506 g/mol. The van der Waals surface area contributed by atoms with Gasteiger partial charge in [-0.3, -0.25) is 14.3 Å². The molecule has 2 N–H and O–H groups in total. The van der Waals surface area contributed by atoms with Crippen LogP contribution in [0.4, 0.5) is 10.1 Å². The predicted octanol–water partition coefficient (Wildman–Crippen LogP) is 4.61. The van der Waals surface area contributed by atoms with Gasteiger partial charge in [-0.1, -0.05) is 29.3 Å². The van der Waals surface area contributed by atoms with Crippen molar-refractivity contribution < 1.29 is 9.50 Å². The van der Waals surface area contributed by atoms with Crippen molar-refractivity contribution in [2.75, 3.05) is 11.9 Å². The molecule has 4 heterocycles. The normalized spacial score (nSPS) is 12.4. The highest BCUT2D eigenvalue weighted by molar-refractivity contribution is 6.29. The van der Waals surface area contributed by atoms with Gasteiger partial charge in [0.1, 0.15) is 10.8 Å². The van der Waals surface area contributed by atoms with Gasteiger partial charge in [0.2, 0.25) is 0 Å². The Morgan fingerprint density at radius 2 is 2.00 bits per heavy atom. The van der Waals surface area contributed by atoms with E-state index in [0.717, 1.165) is 22.5 Å². The summed E-state index contributed by atoms with van der Waals surface area (Å²) in [5, 5.41) is 20.8. The molecule has 0 fully saturated rings. The number of hydrogen-bond donors (Lipinski definition) is 2. The fourth-order valence-electron chi connectivity index (χ4n) is 4.58. The summed E-state index contributed by atoms with van der Waals surface area (Å²) in [6.07, 6.45) is 2.58. The Kier molecular flexibility index (Phi) is 6.19. The Morgan fingerprint density at radius 3 is 2.72 bits per heavy atom. The summed E-state index contributed by atoms with van der Waals surface area (Å²) in [5.74, 6) is -0.548. The molecule has 0 aliphatic rings. The molecule has 8 nitrogen and oxygen atoms in total. The van der Waals surface area contributed by atoms with Gasteiger partial charge in [0.25, 0.3) is 5.56 Å². The van der Waals surface area contributed by atoms with Crippen LogP contribution in [0.3, 0.4) is 0 Å². The highest BCUT2D eigenvalue weighted by atomic mass is 35.5. The van der Waals surface area contributed by atoms with E-state index in [1.807, 2.05) is 32.0 Å². The zero-order valence-corrected chi connectivity index (χ0v) is 20.7. The number of fused-ring (bicyclic) bond motifs is 3. The molecule has 0 spiro atoms. The van der Waals surface area contributed by atoms with Crippen molar-refractivity contribution in [2.24, 2.45) is 7.05 Å². The number of aromatic nitrogens is 5. The van der Waals surface area contributed by atoms with Crippen LogP contribution in [0.5, 0.6) is 0 Å². The van der Waals surface area contributed by atoms with E-state index in [1.54, 1.807) is 28.4 Å². The second kappa shape index (κ2) is 9.33. The fraction of sp³-hybridized carbons (Fsp3) is 0.231. The lowest BCUT2D eigenvalue weighted by Crippen LogP contribution is -2.19. The Morgan fingerprint density at radius 1 is 1.19 bits per heavy atom. The zero-order valence-electron chi connectivity index (χ0n) is 20.0. The minimum Gasteiger partial charge on any atom is -0.394 e. The summed E-state index contributed by atoms with van der Waals surface area (Å²) < 4.78 is 17.9. The highest BCUT2D eigenvalue weighted by Crippen LogP contribution is 2.35. The first kappa shape index (κ1) is 23.9. The second-order valence-electron chi connectivity index (χ2n) is 8.58. The van der Waals surface area contributed by atoms with E-state index in [9.17, 15) is 14.3 Å². The Labute approximate surface area is 211 Å². The summed E-state index contributed by atoms with van der Waals surface area (Å²) in [7, 11) is 1.72. The van der Waals surface area contributed by atoms with Gasteiger partial charge >= 0.3 is 0 Å². The first-order valence-corrected chi connectivity index (χ1v) is 11.8. The number of benzene rings is 1. The van der Waals surface area contributed by atoms with Gasteiger partial charge in [-0.25, -0.2) is 14.1 Å². The molecule has 1 unspecified atom stereocenters. The molecule has 1 aromatic carbocycles. The Balaban J connectivity index is 1.73. The van der Waals surface area contributed by atoms with Gasteiger partial charge in [0.15, 0.2) is 5.82 Å². The number of anilines is 1. The lowest BCUT2D eigenvalue weighted by atomic mass is 10.0. The lowest BCUT2D eigenvalue weighted by molar-refractivity contribution is 0.274. The van der Waals surface area contributed by atoms with Crippen LogP contribution < -0.4 is 10.9 Å². The SMILES string of the molecule is CCn1nc(C(CO)Nc2ccc(Cl)nc2-c2ccncc2F)c2c3ccc(C)cc3c(=O)n(C)c21. The molecule has 184 valence electrons. The van der Waals surface area contributed by atoms with E-state index in [-0.39, 0.29) is 28.6 Å². The number of nitrogens with one attached hydrogen (secondary N) is 1. The second-order valence-corrected chi connectivity index (χ2v) is 8.97. The largest absolute Gasteiger partial charge is 0.394 e. The fourth-order valence-corrected chi connectivity index (χ4v) is 4.72. The van der Waals surface area contributed by atoms with Crippen molar-refractivity contribution in [3.8, 4) is 11.3 Å². The average Bonchev–Trinajstić information content (AvgIpc) is 3.26. The lowest BCUT2D eigenvalue weighted by Gasteiger charge is -2.19. The molecule has 0 amide bonds. The minimum absolute atomic E-state index is 0.117. The van der Waals surface area contributed by atoms with Crippen LogP contribution in [0.1, 0.15) is 24.2 Å². The summed E-state index contributed by atoms with van der Waals surface area (Å²) >= 11 is 6.14. The van der Waals surface area contributed by atoms with Crippen LogP contribution in [-0.4, -0.2) is 36.0 Å². The molecule has 0 radical (unpaired) electrons. The maximum atomic E-state index is 14.6. The molecule has 5 aromatic rings. The van der Waals surface area contributed by atoms with E-state index in [1.165, 1.54) is 12.3 Å². The molecule has 0 bridgehead atoms. The third-order valence-electron chi connectivity index (χ3n) is 6.28. The third kappa shape index (κ3) is 3.90. The summed E-state index contributed by atoms with van der Waals surface area (Å²) in [6.45, 7) is 4.09. The first-order chi connectivity index (χ1) is 17.3. The smallest absolute Gasteiger partial charge is 0.259 e. The van der Waals surface area contributed by atoms with Crippen LogP contribution in [0, 0.1) is 12.7 Å². The topological polar surface area (TPSA) is 97.9 Å². The number of aryl methyl sites for hydroxylation is 3. The van der Waals surface area contributed by atoms with E-state index >= 15 is 0 Å². The quantitative estimate of drug-likeness (QED) is 0.326. The molecule has 5 rings (SSSR count). The molecule has 0 saturated heterocycles. The summed E-state index contributed by atoms with van der Waals surface area (Å²) in [5.41, 5.74) is 3.04. The van der Waals surface area contributed by atoms with Crippen molar-refractivity contribution in [3.63, 3.8) is 0 Å². The van der Waals surface area contributed by atoms with Crippen molar-refractivity contribution >= 4 is 39.1 Å². The molecule has 0 saturated carbocycles. The number of aliphatic hydroxyl groups excluding tert-OH is 1. The molecule has 4 aromatic heterocycles. The standard InChI is InChI=1S/C26H24ClFN6O2/c1-4-34-25-22(15-6-5-14(2)11-17(15)26(36)33(25)3)24(32-34)20(13-35)30-19-7-8-21(27)31-23(19)16-9-10-29-12-18(16)28/h5-12,20,30,35H,4,13H2,1-3H3. The number of rotatable bonds is 6. The number of aliphatic hydroxyl groups is 1. The van der Waals surface area contributed by atoms with E-state index in [0.29, 0.717) is 29.0 Å². The number of pyridine rings is 3. The number of hydrogen-bond acceptors (Lipinski definition) is 6. The summed E-state index contributed by atoms with van der Waals surface area (Å²) in [4.78, 5) is 21.3. The van der Waals surface area contributed by atoms with E-state index in [4.69, 9.17) is 16.7 Å². The molecule has 0 aliphatic carbocycles. The van der Waals surface area contributed by atoms with Crippen LogP contribution in [0.15, 0.2) is 53.6 Å². The van der Waals surface area contributed by atoms with Crippen LogP contribution in [0.25, 0.3) is 33.1 Å². The van der Waals surface area contributed by atoms with Gasteiger partial charge in [-0.15, -0.1) is 0 Å². The van der Waals surface area contributed by atoms with E-state index < -0.39 is 11.9 Å². The predicted molar refractivity (Wildman–Crippen MR) is 139 cm³/mol. The maximum Gasteiger partial charge on any atom is 0.259 e. The van der Waals surface area contributed by atoms with Gasteiger partial charge in [-0.2, -0.15) is 5.10 Å².